The maximum absolute atomic E-state index is 5.90. The Kier molecular flexibility index (Phi) is 4.37. The van der Waals surface area contributed by atoms with Gasteiger partial charge in [-0.05, 0) is 38.8 Å². The lowest BCUT2D eigenvalue weighted by molar-refractivity contribution is 0.205. The van der Waals surface area contributed by atoms with Crippen molar-refractivity contribution in [1.29, 1.82) is 0 Å². The molecule has 5 heteroatoms. The molecule has 2 N–H and O–H groups in total. The predicted molar refractivity (Wildman–Crippen MR) is 88.4 cm³/mol. The van der Waals surface area contributed by atoms with E-state index in [4.69, 9.17) is 10.7 Å². The summed E-state index contributed by atoms with van der Waals surface area (Å²) in [6.45, 7) is 13.2. The van der Waals surface area contributed by atoms with Gasteiger partial charge in [0.2, 0.25) is 0 Å². The summed E-state index contributed by atoms with van der Waals surface area (Å²) in [5.41, 5.74) is 7.57. The molecule has 3 heterocycles. The van der Waals surface area contributed by atoms with Crippen LogP contribution >= 0.6 is 11.3 Å². The third-order valence-corrected chi connectivity index (χ3v) is 6.09. The van der Waals surface area contributed by atoms with Gasteiger partial charge in [0.15, 0.2) is 0 Å². The highest BCUT2D eigenvalue weighted by Crippen LogP contribution is 2.31. The number of aromatic nitrogens is 1. The molecule has 118 valence electrons. The standard InChI is InChI=1S/C16H28N4S/c1-12(2)20-6-4-13-14(8-20)21-15(18-13)9-19-7-5-16(3,10-17)11-19/h12H,4-11,17H2,1-3H3. The predicted octanol–water partition coefficient (Wildman–Crippen LogP) is 2.08. The van der Waals surface area contributed by atoms with Gasteiger partial charge in [0.05, 0.1) is 12.2 Å². The highest BCUT2D eigenvalue weighted by Gasteiger charge is 2.33. The van der Waals surface area contributed by atoms with Crippen LogP contribution in [-0.2, 0) is 19.5 Å². The van der Waals surface area contributed by atoms with Crippen LogP contribution < -0.4 is 5.73 Å². The molecule has 0 aliphatic carbocycles. The van der Waals surface area contributed by atoms with E-state index in [0.29, 0.717) is 11.5 Å². The van der Waals surface area contributed by atoms with Gasteiger partial charge in [-0.25, -0.2) is 4.98 Å². The number of hydrogen-bond acceptors (Lipinski definition) is 5. The number of likely N-dealkylation sites (tertiary alicyclic amines) is 1. The second-order valence-corrected chi connectivity index (χ2v) is 8.44. The minimum Gasteiger partial charge on any atom is -0.330 e. The van der Waals surface area contributed by atoms with Gasteiger partial charge >= 0.3 is 0 Å². The molecule has 1 aromatic heterocycles. The van der Waals surface area contributed by atoms with Crippen molar-refractivity contribution in [3.8, 4) is 0 Å². The number of thiazole rings is 1. The van der Waals surface area contributed by atoms with Crippen LogP contribution in [0.5, 0.6) is 0 Å². The van der Waals surface area contributed by atoms with Crippen LogP contribution in [0.4, 0.5) is 0 Å². The molecule has 0 saturated carbocycles. The zero-order chi connectivity index (χ0) is 15.0. The van der Waals surface area contributed by atoms with Gasteiger partial charge in [0, 0.05) is 37.0 Å². The quantitative estimate of drug-likeness (QED) is 0.925. The van der Waals surface area contributed by atoms with Gasteiger partial charge in [-0.3, -0.25) is 9.80 Å². The van der Waals surface area contributed by atoms with Crippen LogP contribution in [0.15, 0.2) is 0 Å². The van der Waals surface area contributed by atoms with Crippen LogP contribution in [-0.4, -0.2) is 47.0 Å². The summed E-state index contributed by atoms with van der Waals surface area (Å²) in [5.74, 6) is 0. The Bertz CT molecular complexity index is 498. The number of nitrogens with zero attached hydrogens (tertiary/aromatic N) is 3. The maximum atomic E-state index is 5.90. The van der Waals surface area contributed by atoms with E-state index in [9.17, 15) is 0 Å². The molecule has 0 amide bonds. The van der Waals surface area contributed by atoms with Gasteiger partial charge in [-0.2, -0.15) is 0 Å². The molecular weight excluding hydrogens is 280 g/mol. The molecule has 1 saturated heterocycles. The average Bonchev–Trinajstić information content (AvgIpc) is 3.02. The summed E-state index contributed by atoms with van der Waals surface area (Å²) >= 11 is 1.93. The molecule has 0 spiro atoms. The Balaban J connectivity index is 1.64. The SMILES string of the molecule is CC(C)N1CCc2nc(CN3CCC(C)(CN)C3)sc2C1. The topological polar surface area (TPSA) is 45.4 Å². The molecule has 4 nitrogen and oxygen atoms in total. The smallest absolute Gasteiger partial charge is 0.107 e. The van der Waals surface area contributed by atoms with Crippen molar-refractivity contribution in [2.75, 3.05) is 26.2 Å². The van der Waals surface area contributed by atoms with Gasteiger partial charge in [-0.1, -0.05) is 6.92 Å². The van der Waals surface area contributed by atoms with E-state index >= 15 is 0 Å². The van der Waals surface area contributed by atoms with E-state index in [0.717, 1.165) is 45.7 Å². The number of nitrogens with two attached hydrogens (primary N) is 1. The second kappa shape index (κ2) is 5.95. The molecule has 0 aromatic carbocycles. The Labute approximate surface area is 132 Å². The molecule has 1 fully saturated rings. The molecular formula is C16H28N4S. The Hall–Kier alpha value is -0.490. The monoisotopic (exact) mass is 308 g/mol. The lowest BCUT2D eigenvalue weighted by atomic mass is 9.90. The summed E-state index contributed by atoms with van der Waals surface area (Å²) in [6.07, 6.45) is 2.33. The van der Waals surface area contributed by atoms with Crippen LogP contribution in [0.25, 0.3) is 0 Å². The van der Waals surface area contributed by atoms with E-state index in [-0.39, 0.29) is 0 Å². The summed E-state index contributed by atoms with van der Waals surface area (Å²) < 4.78 is 0. The fourth-order valence-electron chi connectivity index (χ4n) is 3.40. The molecule has 2 aliphatic rings. The van der Waals surface area contributed by atoms with Crippen LogP contribution in [0, 0.1) is 5.41 Å². The summed E-state index contributed by atoms with van der Waals surface area (Å²) in [6, 6.07) is 0.632. The molecule has 0 bridgehead atoms. The zero-order valence-electron chi connectivity index (χ0n) is 13.6. The molecule has 2 aliphatic heterocycles. The van der Waals surface area contributed by atoms with Crippen LogP contribution in [0.2, 0.25) is 0 Å². The molecule has 1 unspecified atom stereocenters. The molecule has 1 atom stereocenters. The second-order valence-electron chi connectivity index (χ2n) is 7.27. The van der Waals surface area contributed by atoms with E-state index < -0.39 is 0 Å². The van der Waals surface area contributed by atoms with Crippen molar-refractivity contribution < 1.29 is 0 Å². The third kappa shape index (κ3) is 3.31. The van der Waals surface area contributed by atoms with Gasteiger partial charge < -0.3 is 5.73 Å². The van der Waals surface area contributed by atoms with Gasteiger partial charge in [0.1, 0.15) is 5.01 Å². The Morgan fingerprint density at radius 1 is 1.38 bits per heavy atom. The van der Waals surface area contributed by atoms with Crippen molar-refractivity contribution in [3.05, 3.63) is 15.6 Å². The largest absolute Gasteiger partial charge is 0.330 e. The zero-order valence-corrected chi connectivity index (χ0v) is 14.4. The third-order valence-electron chi connectivity index (χ3n) is 5.02. The molecule has 21 heavy (non-hydrogen) atoms. The lowest BCUT2D eigenvalue weighted by Crippen LogP contribution is -2.35. The minimum atomic E-state index is 0.311. The Morgan fingerprint density at radius 2 is 2.19 bits per heavy atom. The molecule has 0 radical (unpaired) electrons. The summed E-state index contributed by atoms with van der Waals surface area (Å²) in [7, 11) is 0. The molecule has 3 rings (SSSR count). The first-order chi connectivity index (χ1) is 9.99. The number of hydrogen-bond donors (Lipinski definition) is 1. The highest BCUT2D eigenvalue weighted by atomic mass is 32.1. The summed E-state index contributed by atoms with van der Waals surface area (Å²) in [4.78, 5) is 11.5. The van der Waals surface area contributed by atoms with Crippen molar-refractivity contribution >= 4 is 11.3 Å². The van der Waals surface area contributed by atoms with Crippen molar-refractivity contribution in [3.63, 3.8) is 0 Å². The number of rotatable bonds is 4. The van der Waals surface area contributed by atoms with Crippen molar-refractivity contribution in [1.82, 2.24) is 14.8 Å². The Morgan fingerprint density at radius 3 is 2.86 bits per heavy atom. The number of fused-ring (bicyclic) bond motifs is 1. The van der Waals surface area contributed by atoms with E-state index in [2.05, 4.69) is 30.6 Å². The van der Waals surface area contributed by atoms with Crippen molar-refractivity contribution in [2.45, 2.75) is 52.7 Å². The molecule has 1 aromatic rings. The van der Waals surface area contributed by atoms with E-state index in [1.165, 1.54) is 22.0 Å². The van der Waals surface area contributed by atoms with Gasteiger partial charge in [-0.15, -0.1) is 11.3 Å². The fourth-order valence-corrected chi connectivity index (χ4v) is 4.58. The summed E-state index contributed by atoms with van der Waals surface area (Å²) in [5, 5.41) is 1.30. The first-order valence-electron chi connectivity index (χ1n) is 8.13. The fraction of sp³-hybridized carbons (Fsp3) is 0.812. The van der Waals surface area contributed by atoms with Gasteiger partial charge in [0.25, 0.3) is 0 Å². The van der Waals surface area contributed by atoms with Crippen LogP contribution in [0.3, 0.4) is 0 Å². The first kappa shape index (κ1) is 15.4. The highest BCUT2D eigenvalue weighted by molar-refractivity contribution is 7.11. The van der Waals surface area contributed by atoms with Crippen molar-refractivity contribution in [2.24, 2.45) is 11.1 Å². The van der Waals surface area contributed by atoms with E-state index in [1.54, 1.807) is 0 Å². The first-order valence-corrected chi connectivity index (χ1v) is 8.95. The van der Waals surface area contributed by atoms with Crippen LogP contribution in [0.1, 0.15) is 42.8 Å². The normalized spacial score (nSPS) is 27.5. The maximum Gasteiger partial charge on any atom is 0.107 e. The van der Waals surface area contributed by atoms with E-state index in [1.807, 2.05) is 11.3 Å². The lowest BCUT2D eigenvalue weighted by Gasteiger charge is -2.29. The average molecular weight is 308 g/mol. The minimum absolute atomic E-state index is 0.311.